The number of benzene rings is 1. The van der Waals surface area contributed by atoms with Crippen LogP contribution < -0.4 is 4.90 Å². The van der Waals surface area contributed by atoms with Gasteiger partial charge in [-0.1, -0.05) is 29.3 Å². The standard InChI is InChI=1S/C19H22Cl2N6O/c1-12-9-25(18-6-5-17-23-22-11-26(17)24-18)10-13(2)27(12)19(28)8-14-3-4-15(20)16(21)7-14/h3-7,11-13,19,28H,8-10H2,1-2H3. The number of hydrogen-bond acceptors (Lipinski definition) is 6. The van der Waals surface area contributed by atoms with E-state index >= 15 is 0 Å². The number of nitrogens with zero attached hydrogens (tertiary/aromatic N) is 6. The fraction of sp³-hybridized carbons (Fsp3) is 0.421. The number of fused-ring (bicyclic) bond motifs is 1. The molecule has 4 rings (SSSR count). The van der Waals surface area contributed by atoms with E-state index in [1.54, 1.807) is 16.9 Å². The minimum absolute atomic E-state index is 0.153. The monoisotopic (exact) mass is 420 g/mol. The fourth-order valence-electron chi connectivity index (χ4n) is 3.98. The molecular formula is C19H22Cl2N6O. The molecule has 0 bridgehead atoms. The number of piperazine rings is 1. The molecule has 0 amide bonds. The third-order valence-electron chi connectivity index (χ3n) is 5.21. The molecule has 1 saturated heterocycles. The molecule has 7 nitrogen and oxygen atoms in total. The maximum atomic E-state index is 10.9. The summed E-state index contributed by atoms with van der Waals surface area (Å²) in [6.07, 6.45) is 1.50. The second kappa shape index (κ2) is 7.83. The van der Waals surface area contributed by atoms with Crippen LogP contribution in [-0.4, -0.2) is 61.2 Å². The van der Waals surface area contributed by atoms with Gasteiger partial charge in [0.05, 0.1) is 10.0 Å². The molecule has 3 heterocycles. The Labute approximate surface area is 173 Å². The third kappa shape index (κ3) is 3.80. The summed E-state index contributed by atoms with van der Waals surface area (Å²) in [5, 5.41) is 24.4. The van der Waals surface area contributed by atoms with Crippen molar-refractivity contribution in [1.29, 1.82) is 0 Å². The van der Waals surface area contributed by atoms with Gasteiger partial charge in [-0.3, -0.25) is 4.90 Å². The van der Waals surface area contributed by atoms with Crippen molar-refractivity contribution in [2.24, 2.45) is 0 Å². The SMILES string of the molecule is CC1CN(c2ccc3nncn3n2)CC(C)N1C(O)Cc1ccc(Cl)c(Cl)c1. The first kappa shape index (κ1) is 19.4. The van der Waals surface area contributed by atoms with Gasteiger partial charge in [-0.05, 0) is 43.7 Å². The van der Waals surface area contributed by atoms with Crippen LogP contribution in [0.2, 0.25) is 10.0 Å². The zero-order valence-electron chi connectivity index (χ0n) is 15.7. The summed E-state index contributed by atoms with van der Waals surface area (Å²) in [6, 6.07) is 9.67. The van der Waals surface area contributed by atoms with Crippen LogP contribution in [0.4, 0.5) is 5.82 Å². The zero-order chi connectivity index (χ0) is 19.8. The van der Waals surface area contributed by atoms with Crippen molar-refractivity contribution in [3.8, 4) is 0 Å². The lowest BCUT2D eigenvalue weighted by Gasteiger charge is -2.46. The van der Waals surface area contributed by atoms with Crippen molar-refractivity contribution < 1.29 is 5.11 Å². The summed E-state index contributed by atoms with van der Waals surface area (Å²) in [6.45, 7) is 5.78. The summed E-state index contributed by atoms with van der Waals surface area (Å²) in [7, 11) is 0. The minimum Gasteiger partial charge on any atom is -0.378 e. The number of aliphatic hydroxyl groups excluding tert-OH is 1. The lowest BCUT2D eigenvalue weighted by molar-refractivity contribution is -0.0510. The number of aliphatic hydroxyl groups is 1. The van der Waals surface area contributed by atoms with Gasteiger partial charge >= 0.3 is 0 Å². The topological polar surface area (TPSA) is 69.8 Å². The molecule has 9 heteroatoms. The van der Waals surface area contributed by atoms with Crippen molar-refractivity contribution in [1.82, 2.24) is 24.7 Å². The van der Waals surface area contributed by atoms with Gasteiger partial charge in [0.2, 0.25) is 0 Å². The smallest absolute Gasteiger partial charge is 0.177 e. The van der Waals surface area contributed by atoms with Crippen molar-refractivity contribution in [3.63, 3.8) is 0 Å². The number of anilines is 1. The van der Waals surface area contributed by atoms with Crippen LogP contribution >= 0.6 is 23.2 Å². The molecule has 0 spiro atoms. The van der Waals surface area contributed by atoms with E-state index in [0.29, 0.717) is 16.5 Å². The second-order valence-corrected chi connectivity index (χ2v) is 8.12. The van der Waals surface area contributed by atoms with Gasteiger partial charge in [-0.25, -0.2) is 0 Å². The predicted octanol–water partition coefficient (Wildman–Crippen LogP) is 2.89. The molecule has 1 aliphatic heterocycles. The van der Waals surface area contributed by atoms with Crippen molar-refractivity contribution in [2.45, 2.75) is 38.6 Å². The molecule has 1 N–H and O–H groups in total. The average Bonchev–Trinajstić information content (AvgIpc) is 3.12. The highest BCUT2D eigenvalue weighted by atomic mass is 35.5. The first-order valence-electron chi connectivity index (χ1n) is 9.24. The van der Waals surface area contributed by atoms with Crippen LogP contribution in [0, 0.1) is 0 Å². The van der Waals surface area contributed by atoms with E-state index in [4.69, 9.17) is 23.2 Å². The molecule has 3 atom stereocenters. The minimum atomic E-state index is -0.599. The van der Waals surface area contributed by atoms with Crippen molar-refractivity contribution in [2.75, 3.05) is 18.0 Å². The number of aromatic nitrogens is 4. The molecule has 148 valence electrons. The maximum Gasteiger partial charge on any atom is 0.177 e. The van der Waals surface area contributed by atoms with Crippen LogP contribution in [0.1, 0.15) is 19.4 Å². The highest BCUT2D eigenvalue weighted by Gasteiger charge is 2.34. The molecule has 0 radical (unpaired) electrons. The van der Waals surface area contributed by atoms with Crippen LogP contribution in [-0.2, 0) is 6.42 Å². The number of hydrogen-bond donors (Lipinski definition) is 1. The van der Waals surface area contributed by atoms with Crippen molar-refractivity contribution in [3.05, 3.63) is 52.3 Å². The Balaban J connectivity index is 1.47. The van der Waals surface area contributed by atoms with Gasteiger partial charge in [0.15, 0.2) is 5.65 Å². The zero-order valence-corrected chi connectivity index (χ0v) is 17.2. The highest BCUT2D eigenvalue weighted by molar-refractivity contribution is 6.42. The third-order valence-corrected chi connectivity index (χ3v) is 5.94. The van der Waals surface area contributed by atoms with Gasteiger partial charge in [0, 0.05) is 31.6 Å². The van der Waals surface area contributed by atoms with Crippen LogP contribution in [0.25, 0.3) is 5.65 Å². The number of rotatable bonds is 4. The highest BCUT2D eigenvalue weighted by Crippen LogP contribution is 2.26. The molecule has 3 unspecified atom stereocenters. The molecular weight excluding hydrogens is 399 g/mol. The Morgan fingerprint density at radius 2 is 1.86 bits per heavy atom. The van der Waals surface area contributed by atoms with E-state index in [9.17, 15) is 5.11 Å². The summed E-state index contributed by atoms with van der Waals surface area (Å²) in [5.74, 6) is 0.879. The molecule has 1 aromatic carbocycles. The normalized spacial score (nSPS) is 22.0. The van der Waals surface area contributed by atoms with E-state index in [1.807, 2.05) is 24.3 Å². The van der Waals surface area contributed by atoms with E-state index < -0.39 is 6.23 Å². The molecule has 0 aliphatic carbocycles. The van der Waals surface area contributed by atoms with Crippen LogP contribution in [0.5, 0.6) is 0 Å². The summed E-state index contributed by atoms with van der Waals surface area (Å²) < 4.78 is 1.68. The van der Waals surface area contributed by atoms with Gasteiger partial charge in [0.1, 0.15) is 18.4 Å². The van der Waals surface area contributed by atoms with Gasteiger partial charge in [-0.2, -0.15) is 4.52 Å². The maximum absolute atomic E-state index is 10.9. The lowest BCUT2D eigenvalue weighted by Crippen LogP contribution is -2.60. The van der Waals surface area contributed by atoms with Crippen LogP contribution in [0.3, 0.4) is 0 Å². The van der Waals surface area contributed by atoms with E-state index in [1.165, 1.54) is 0 Å². The predicted molar refractivity (Wildman–Crippen MR) is 110 cm³/mol. The average molecular weight is 421 g/mol. The quantitative estimate of drug-likeness (QED) is 0.699. The Morgan fingerprint density at radius 1 is 1.11 bits per heavy atom. The summed E-state index contributed by atoms with van der Waals surface area (Å²) >= 11 is 12.1. The molecule has 2 aromatic heterocycles. The van der Waals surface area contributed by atoms with E-state index in [2.05, 4.69) is 38.9 Å². The van der Waals surface area contributed by atoms with Gasteiger partial charge < -0.3 is 10.0 Å². The largest absolute Gasteiger partial charge is 0.378 e. The van der Waals surface area contributed by atoms with Crippen LogP contribution in [0.15, 0.2) is 36.7 Å². The van der Waals surface area contributed by atoms with Crippen molar-refractivity contribution >= 4 is 34.7 Å². The molecule has 28 heavy (non-hydrogen) atoms. The Kier molecular flexibility index (Phi) is 5.42. The number of halogens is 2. The lowest BCUT2D eigenvalue weighted by atomic mass is 10.0. The summed E-state index contributed by atoms with van der Waals surface area (Å²) in [4.78, 5) is 4.38. The first-order chi connectivity index (χ1) is 13.4. The molecule has 1 aliphatic rings. The molecule has 3 aromatic rings. The van der Waals surface area contributed by atoms with E-state index in [-0.39, 0.29) is 12.1 Å². The van der Waals surface area contributed by atoms with E-state index in [0.717, 1.165) is 30.1 Å². The van der Waals surface area contributed by atoms with Gasteiger partial charge in [-0.15, -0.1) is 15.3 Å². The first-order valence-corrected chi connectivity index (χ1v) is 9.99. The second-order valence-electron chi connectivity index (χ2n) is 7.31. The van der Waals surface area contributed by atoms with Gasteiger partial charge in [0.25, 0.3) is 0 Å². The Bertz CT molecular complexity index is 968. The molecule has 1 fully saturated rings. The summed E-state index contributed by atoms with van der Waals surface area (Å²) in [5.41, 5.74) is 1.68. The molecule has 0 saturated carbocycles. The Morgan fingerprint density at radius 3 is 2.57 bits per heavy atom. The Hall–Kier alpha value is -1.93. The fourth-order valence-corrected chi connectivity index (χ4v) is 4.30.